The Morgan fingerprint density at radius 2 is 2.00 bits per heavy atom. The molecular weight excluding hydrogens is 375 g/mol. The van der Waals surface area contributed by atoms with Crippen LogP contribution in [0.3, 0.4) is 0 Å². The van der Waals surface area contributed by atoms with Crippen molar-refractivity contribution in [1.29, 1.82) is 0 Å². The number of rotatable bonds is 5. The van der Waals surface area contributed by atoms with Gasteiger partial charge in [-0.25, -0.2) is 4.39 Å². The van der Waals surface area contributed by atoms with Crippen molar-refractivity contribution in [2.75, 3.05) is 7.05 Å². The van der Waals surface area contributed by atoms with Gasteiger partial charge in [0.05, 0.1) is 22.4 Å². The molecule has 0 spiro atoms. The van der Waals surface area contributed by atoms with Crippen molar-refractivity contribution in [3.63, 3.8) is 0 Å². The zero-order valence-corrected chi connectivity index (χ0v) is 14.9. The lowest BCUT2D eigenvalue weighted by Crippen LogP contribution is -2.26. The van der Waals surface area contributed by atoms with E-state index in [0.29, 0.717) is 27.4 Å². The molecule has 0 fully saturated rings. The number of aromatic amines is 1. The molecule has 27 heavy (non-hydrogen) atoms. The molecule has 0 saturated carbocycles. The van der Waals surface area contributed by atoms with Gasteiger partial charge < -0.3 is 4.90 Å². The third-order valence-corrected chi connectivity index (χ3v) is 4.37. The Bertz CT molecular complexity index is 1000. The first-order valence-corrected chi connectivity index (χ1v) is 8.22. The average molecular weight is 389 g/mol. The number of halogens is 2. The summed E-state index contributed by atoms with van der Waals surface area (Å²) >= 11 is 6.10. The SMILES string of the molecule is CN(Cc1cc([N+](=O)[O-])ccc1Cl)C(=O)c1cn[nH]c1-c1ccc(F)cc1. The zero-order valence-electron chi connectivity index (χ0n) is 14.1. The molecule has 1 N–H and O–H groups in total. The predicted molar refractivity (Wildman–Crippen MR) is 97.9 cm³/mol. The van der Waals surface area contributed by atoms with E-state index in [1.165, 1.54) is 53.6 Å². The summed E-state index contributed by atoms with van der Waals surface area (Å²) in [6, 6.07) is 9.72. The molecule has 138 valence electrons. The maximum Gasteiger partial charge on any atom is 0.269 e. The number of carbonyl (C=O) groups is 1. The molecule has 3 rings (SSSR count). The third kappa shape index (κ3) is 3.95. The molecular formula is C18H14ClFN4O3. The van der Waals surface area contributed by atoms with E-state index in [1.807, 2.05) is 0 Å². The fourth-order valence-electron chi connectivity index (χ4n) is 2.61. The number of non-ortho nitro benzene ring substituents is 1. The van der Waals surface area contributed by atoms with Crippen LogP contribution in [0.2, 0.25) is 5.02 Å². The lowest BCUT2D eigenvalue weighted by Gasteiger charge is -2.18. The van der Waals surface area contributed by atoms with Gasteiger partial charge in [0.15, 0.2) is 0 Å². The molecule has 0 saturated heterocycles. The highest BCUT2D eigenvalue weighted by Gasteiger charge is 2.20. The Balaban J connectivity index is 1.85. The summed E-state index contributed by atoms with van der Waals surface area (Å²) in [7, 11) is 1.55. The van der Waals surface area contributed by atoms with Gasteiger partial charge in [-0.05, 0) is 35.9 Å². The van der Waals surface area contributed by atoms with Crippen LogP contribution in [0.4, 0.5) is 10.1 Å². The topological polar surface area (TPSA) is 92.1 Å². The number of hydrogen-bond donors (Lipinski definition) is 1. The van der Waals surface area contributed by atoms with Gasteiger partial charge in [0.25, 0.3) is 11.6 Å². The van der Waals surface area contributed by atoms with Crippen LogP contribution in [0.15, 0.2) is 48.7 Å². The van der Waals surface area contributed by atoms with Crippen molar-refractivity contribution in [2.45, 2.75) is 6.54 Å². The van der Waals surface area contributed by atoms with Crippen LogP contribution >= 0.6 is 11.6 Å². The van der Waals surface area contributed by atoms with E-state index in [2.05, 4.69) is 10.2 Å². The Labute approximate surface area is 158 Å². The minimum atomic E-state index is -0.523. The molecule has 0 aliphatic carbocycles. The van der Waals surface area contributed by atoms with Gasteiger partial charge in [0.1, 0.15) is 5.82 Å². The summed E-state index contributed by atoms with van der Waals surface area (Å²) in [5, 5.41) is 17.9. The number of nitro benzene ring substituents is 1. The second kappa shape index (κ2) is 7.55. The van der Waals surface area contributed by atoms with Gasteiger partial charge in [-0.1, -0.05) is 11.6 Å². The number of carbonyl (C=O) groups excluding carboxylic acids is 1. The molecule has 0 aliphatic heterocycles. The molecule has 1 amide bonds. The first-order valence-electron chi connectivity index (χ1n) is 7.84. The molecule has 0 radical (unpaired) electrons. The summed E-state index contributed by atoms with van der Waals surface area (Å²) in [6.45, 7) is 0.0768. The Morgan fingerprint density at radius 3 is 2.67 bits per heavy atom. The summed E-state index contributed by atoms with van der Waals surface area (Å²) in [4.78, 5) is 24.6. The number of nitrogens with one attached hydrogen (secondary N) is 1. The molecule has 3 aromatic rings. The second-order valence-corrected chi connectivity index (χ2v) is 6.27. The fraction of sp³-hybridized carbons (Fsp3) is 0.111. The monoisotopic (exact) mass is 388 g/mol. The third-order valence-electron chi connectivity index (χ3n) is 4.00. The summed E-state index contributed by atoms with van der Waals surface area (Å²) in [5.41, 5.74) is 1.71. The van der Waals surface area contributed by atoms with Gasteiger partial charge in [-0.2, -0.15) is 5.10 Å². The van der Waals surface area contributed by atoms with E-state index in [-0.39, 0.29) is 24.0 Å². The molecule has 2 aromatic carbocycles. The summed E-state index contributed by atoms with van der Waals surface area (Å²) < 4.78 is 13.1. The van der Waals surface area contributed by atoms with Gasteiger partial charge in [-0.15, -0.1) is 0 Å². The molecule has 1 aromatic heterocycles. The highest BCUT2D eigenvalue weighted by atomic mass is 35.5. The average Bonchev–Trinajstić information content (AvgIpc) is 3.13. The van der Waals surface area contributed by atoms with Crippen molar-refractivity contribution < 1.29 is 14.1 Å². The second-order valence-electron chi connectivity index (χ2n) is 5.86. The highest BCUT2D eigenvalue weighted by molar-refractivity contribution is 6.31. The van der Waals surface area contributed by atoms with Crippen LogP contribution in [0.5, 0.6) is 0 Å². The van der Waals surface area contributed by atoms with Crippen molar-refractivity contribution in [2.24, 2.45) is 0 Å². The first kappa shape index (κ1) is 18.5. The van der Waals surface area contributed by atoms with Gasteiger partial charge in [0.2, 0.25) is 0 Å². The van der Waals surface area contributed by atoms with Gasteiger partial charge >= 0.3 is 0 Å². The van der Waals surface area contributed by atoms with E-state index in [0.717, 1.165) is 0 Å². The molecule has 0 aliphatic rings. The molecule has 1 heterocycles. The van der Waals surface area contributed by atoms with Crippen molar-refractivity contribution >= 4 is 23.2 Å². The minimum absolute atomic E-state index is 0.0768. The van der Waals surface area contributed by atoms with Crippen LogP contribution in [0.25, 0.3) is 11.3 Å². The summed E-state index contributed by atoms with van der Waals surface area (Å²) in [5.74, 6) is -0.741. The summed E-state index contributed by atoms with van der Waals surface area (Å²) in [6.07, 6.45) is 1.38. The normalized spacial score (nSPS) is 10.6. The first-order chi connectivity index (χ1) is 12.9. The van der Waals surface area contributed by atoms with Crippen LogP contribution in [0.1, 0.15) is 15.9 Å². The minimum Gasteiger partial charge on any atom is -0.337 e. The zero-order chi connectivity index (χ0) is 19.6. The number of amides is 1. The van der Waals surface area contributed by atoms with Crippen molar-refractivity contribution in [3.05, 3.63) is 80.7 Å². The quantitative estimate of drug-likeness (QED) is 0.527. The Kier molecular flexibility index (Phi) is 5.18. The number of nitro groups is 1. The van der Waals surface area contributed by atoms with Gasteiger partial charge in [0, 0.05) is 36.3 Å². The fourth-order valence-corrected chi connectivity index (χ4v) is 2.79. The van der Waals surface area contributed by atoms with Gasteiger partial charge in [-0.3, -0.25) is 20.0 Å². The predicted octanol–water partition coefficient (Wildman–Crippen LogP) is 4.05. The smallest absolute Gasteiger partial charge is 0.269 e. The standard InChI is InChI=1S/C18H14ClFN4O3/c1-23(10-12-8-14(24(26)27)6-7-16(12)19)18(25)15-9-21-22-17(15)11-2-4-13(20)5-3-11/h2-9H,10H2,1H3,(H,21,22). The van der Waals surface area contributed by atoms with Crippen LogP contribution in [0, 0.1) is 15.9 Å². The number of hydrogen-bond acceptors (Lipinski definition) is 4. The number of aromatic nitrogens is 2. The lowest BCUT2D eigenvalue weighted by atomic mass is 10.1. The van der Waals surface area contributed by atoms with E-state index >= 15 is 0 Å². The van der Waals surface area contributed by atoms with E-state index in [9.17, 15) is 19.3 Å². The molecule has 0 atom stereocenters. The molecule has 9 heteroatoms. The van der Waals surface area contributed by atoms with Crippen LogP contribution in [-0.2, 0) is 6.54 Å². The van der Waals surface area contributed by atoms with E-state index in [1.54, 1.807) is 7.05 Å². The maximum atomic E-state index is 13.1. The van der Waals surface area contributed by atoms with Crippen LogP contribution < -0.4 is 0 Å². The number of H-pyrrole nitrogens is 1. The highest BCUT2D eigenvalue weighted by Crippen LogP contribution is 2.26. The van der Waals surface area contributed by atoms with Crippen molar-refractivity contribution in [1.82, 2.24) is 15.1 Å². The molecule has 7 nitrogen and oxygen atoms in total. The lowest BCUT2D eigenvalue weighted by molar-refractivity contribution is -0.384. The van der Waals surface area contributed by atoms with Crippen LogP contribution in [-0.4, -0.2) is 33.0 Å². The molecule has 0 unspecified atom stereocenters. The number of nitrogens with zero attached hydrogens (tertiary/aromatic N) is 3. The maximum absolute atomic E-state index is 13.1. The molecule has 0 bridgehead atoms. The Hall–Kier alpha value is -3.26. The van der Waals surface area contributed by atoms with E-state index < -0.39 is 4.92 Å². The van der Waals surface area contributed by atoms with Crippen molar-refractivity contribution in [3.8, 4) is 11.3 Å². The number of benzene rings is 2. The Morgan fingerprint density at radius 1 is 1.30 bits per heavy atom. The largest absolute Gasteiger partial charge is 0.337 e. The van der Waals surface area contributed by atoms with E-state index in [4.69, 9.17) is 11.6 Å².